The van der Waals surface area contributed by atoms with Crippen molar-refractivity contribution in [1.82, 2.24) is 15.3 Å². The van der Waals surface area contributed by atoms with Crippen molar-refractivity contribution in [3.05, 3.63) is 83.3 Å². The zero-order valence-corrected chi connectivity index (χ0v) is 13.7. The van der Waals surface area contributed by atoms with Gasteiger partial charge in [0.15, 0.2) is 11.6 Å². The number of nitrogens with zero attached hydrogens (tertiary/aromatic N) is 2. The molecule has 1 aromatic carbocycles. The third-order valence-electron chi connectivity index (χ3n) is 3.52. The summed E-state index contributed by atoms with van der Waals surface area (Å²) < 4.78 is 32.3. The monoisotopic (exact) mass is 341 g/mol. The first-order valence-corrected chi connectivity index (χ1v) is 7.82. The van der Waals surface area contributed by atoms with Crippen LogP contribution in [0.5, 0.6) is 11.6 Å². The summed E-state index contributed by atoms with van der Waals surface area (Å²) in [7, 11) is 0. The molecule has 0 aliphatic rings. The van der Waals surface area contributed by atoms with E-state index in [0.29, 0.717) is 13.1 Å². The summed E-state index contributed by atoms with van der Waals surface area (Å²) in [4.78, 5) is 8.56. The average molecular weight is 341 g/mol. The lowest BCUT2D eigenvalue weighted by molar-refractivity contribution is 0.417. The van der Waals surface area contributed by atoms with E-state index in [-0.39, 0.29) is 11.6 Å². The summed E-state index contributed by atoms with van der Waals surface area (Å²) >= 11 is 0. The van der Waals surface area contributed by atoms with E-state index in [1.165, 1.54) is 6.07 Å². The second-order valence-corrected chi connectivity index (χ2v) is 5.52. The summed E-state index contributed by atoms with van der Waals surface area (Å²) in [5.74, 6) is -1.22. The van der Waals surface area contributed by atoms with Crippen LogP contribution in [0.2, 0.25) is 0 Å². The number of halogens is 2. The van der Waals surface area contributed by atoms with Gasteiger partial charge in [-0.15, -0.1) is 0 Å². The van der Waals surface area contributed by atoms with E-state index in [9.17, 15) is 8.78 Å². The van der Waals surface area contributed by atoms with Gasteiger partial charge in [-0.05, 0) is 37.3 Å². The van der Waals surface area contributed by atoms with E-state index in [1.807, 2.05) is 31.2 Å². The normalized spacial score (nSPS) is 10.7. The third kappa shape index (κ3) is 4.58. The minimum Gasteiger partial charge on any atom is -0.436 e. The van der Waals surface area contributed by atoms with Gasteiger partial charge < -0.3 is 10.1 Å². The van der Waals surface area contributed by atoms with Crippen LogP contribution in [-0.4, -0.2) is 9.97 Å². The molecule has 0 aliphatic heterocycles. The molecule has 0 amide bonds. The van der Waals surface area contributed by atoms with Gasteiger partial charge in [-0.3, -0.25) is 4.98 Å². The maximum Gasteiger partial charge on any atom is 0.223 e. The van der Waals surface area contributed by atoms with E-state index in [1.54, 1.807) is 12.3 Å². The second kappa shape index (κ2) is 7.81. The first kappa shape index (κ1) is 17.0. The molecule has 25 heavy (non-hydrogen) atoms. The van der Waals surface area contributed by atoms with Gasteiger partial charge in [0.25, 0.3) is 0 Å². The van der Waals surface area contributed by atoms with Gasteiger partial charge in [-0.25, -0.2) is 13.8 Å². The average Bonchev–Trinajstić information content (AvgIpc) is 2.59. The van der Waals surface area contributed by atoms with Gasteiger partial charge >= 0.3 is 0 Å². The van der Waals surface area contributed by atoms with Crippen LogP contribution in [-0.2, 0) is 13.1 Å². The van der Waals surface area contributed by atoms with Gasteiger partial charge in [0.05, 0.1) is 5.69 Å². The zero-order valence-electron chi connectivity index (χ0n) is 13.7. The molecule has 0 unspecified atom stereocenters. The minimum absolute atomic E-state index is 0.0679. The van der Waals surface area contributed by atoms with Gasteiger partial charge in [0.1, 0.15) is 5.82 Å². The van der Waals surface area contributed by atoms with Crippen molar-refractivity contribution in [1.29, 1.82) is 0 Å². The molecule has 3 rings (SSSR count). The Morgan fingerprint density at radius 1 is 1.04 bits per heavy atom. The van der Waals surface area contributed by atoms with Gasteiger partial charge in [0.2, 0.25) is 5.88 Å². The molecule has 0 saturated heterocycles. The van der Waals surface area contributed by atoms with Crippen molar-refractivity contribution in [3.63, 3.8) is 0 Å². The number of aromatic nitrogens is 2. The van der Waals surface area contributed by atoms with Crippen LogP contribution in [0.3, 0.4) is 0 Å². The zero-order chi connectivity index (χ0) is 17.6. The SMILES string of the molecule is Cc1cccc(CNCc2cccnc2Oc2ccc(F)cc2F)n1. The molecule has 0 spiro atoms. The molecular weight excluding hydrogens is 324 g/mol. The molecule has 6 heteroatoms. The van der Waals surface area contributed by atoms with Crippen molar-refractivity contribution in [2.75, 3.05) is 0 Å². The third-order valence-corrected chi connectivity index (χ3v) is 3.52. The molecule has 2 heterocycles. The van der Waals surface area contributed by atoms with Gasteiger partial charge in [-0.2, -0.15) is 0 Å². The molecule has 0 fully saturated rings. The molecule has 2 aromatic heterocycles. The standard InChI is InChI=1S/C19H17F2N3O/c1-13-4-2-6-16(24-13)12-22-11-14-5-3-9-23-19(14)25-18-8-7-15(20)10-17(18)21/h2-10,22H,11-12H2,1H3. The molecule has 0 aliphatic carbocycles. The number of ether oxygens (including phenoxy) is 1. The highest BCUT2D eigenvalue weighted by atomic mass is 19.1. The minimum atomic E-state index is -0.770. The number of nitrogens with one attached hydrogen (secondary N) is 1. The number of pyridine rings is 2. The highest BCUT2D eigenvalue weighted by Gasteiger charge is 2.10. The fraction of sp³-hybridized carbons (Fsp3) is 0.158. The summed E-state index contributed by atoms with van der Waals surface area (Å²) in [6.07, 6.45) is 1.56. The summed E-state index contributed by atoms with van der Waals surface area (Å²) in [6.45, 7) is 3.00. The number of aryl methyl sites for hydroxylation is 1. The highest BCUT2D eigenvalue weighted by Crippen LogP contribution is 2.26. The topological polar surface area (TPSA) is 47.0 Å². The van der Waals surface area contributed by atoms with E-state index in [0.717, 1.165) is 29.1 Å². The lowest BCUT2D eigenvalue weighted by atomic mass is 10.2. The Balaban J connectivity index is 1.68. The quantitative estimate of drug-likeness (QED) is 0.732. The van der Waals surface area contributed by atoms with Crippen LogP contribution in [0.25, 0.3) is 0 Å². The molecule has 0 radical (unpaired) electrons. The molecule has 128 valence electrons. The van der Waals surface area contributed by atoms with Crippen LogP contribution in [0.4, 0.5) is 8.78 Å². The van der Waals surface area contributed by atoms with Crippen LogP contribution in [0, 0.1) is 18.6 Å². The number of hydrogen-bond acceptors (Lipinski definition) is 4. The molecular formula is C19H17F2N3O. The predicted octanol–water partition coefficient (Wildman–Crippen LogP) is 4.15. The van der Waals surface area contributed by atoms with Gasteiger partial charge in [-0.1, -0.05) is 12.1 Å². The van der Waals surface area contributed by atoms with Crippen LogP contribution >= 0.6 is 0 Å². The second-order valence-electron chi connectivity index (χ2n) is 5.52. The maximum atomic E-state index is 13.8. The van der Waals surface area contributed by atoms with E-state index in [4.69, 9.17) is 4.74 Å². The number of rotatable bonds is 6. The molecule has 0 atom stereocenters. The van der Waals surface area contributed by atoms with Crippen molar-refractivity contribution in [2.24, 2.45) is 0 Å². The largest absolute Gasteiger partial charge is 0.436 e. The fourth-order valence-corrected chi connectivity index (χ4v) is 2.34. The number of benzene rings is 1. The maximum absolute atomic E-state index is 13.8. The van der Waals surface area contributed by atoms with Crippen LogP contribution in [0.1, 0.15) is 17.0 Å². The summed E-state index contributed by atoms with van der Waals surface area (Å²) in [6, 6.07) is 12.6. The Labute approximate surface area is 144 Å². The summed E-state index contributed by atoms with van der Waals surface area (Å²) in [5.41, 5.74) is 2.64. The molecule has 0 saturated carbocycles. The predicted molar refractivity (Wildman–Crippen MR) is 90.2 cm³/mol. The first-order chi connectivity index (χ1) is 12.1. The van der Waals surface area contributed by atoms with Crippen molar-refractivity contribution in [2.45, 2.75) is 20.0 Å². The van der Waals surface area contributed by atoms with Crippen LogP contribution in [0.15, 0.2) is 54.7 Å². The highest BCUT2D eigenvalue weighted by molar-refractivity contribution is 5.33. The lowest BCUT2D eigenvalue weighted by Gasteiger charge is -2.11. The van der Waals surface area contributed by atoms with Gasteiger partial charge in [0, 0.05) is 36.6 Å². The van der Waals surface area contributed by atoms with Crippen molar-refractivity contribution in [3.8, 4) is 11.6 Å². The van der Waals surface area contributed by atoms with E-state index < -0.39 is 11.6 Å². The lowest BCUT2D eigenvalue weighted by Crippen LogP contribution is -2.14. The fourth-order valence-electron chi connectivity index (χ4n) is 2.34. The molecule has 3 aromatic rings. The molecule has 0 bridgehead atoms. The molecule has 1 N–H and O–H groups in total. The van der Waals surface area contributed by atoms with Crippen molar-refractivity contribution < 1.29 is 13.5 Å². The van der Waals surface area contributed by atoms with Crippen LogP contribution < -0.4 is 10.1 Å². The van der Waals surface area contributed by atoms with Crippen molar-refractivity contribution >= 4 is 0 Å². The summed E-state index contributed by atoms with van der Waals surface area (Å²) in [5, 5.41) is 3.26. The Kier molecular flexibility index (Phi) is 5.30. The van der Waals surface area contributed by atoms with E-state index in [2.05, 4.69) is 15.3 Å². The Bertz CT molecular complexity index is 871. The smallest absolute Gasteiger partial charge is 0.223 e. The first-order valence-electron chi connectivity index (χ1n) is 7.82. The Morgan fingerprint density at radius 2 is 1.92 bits per heavy atom. The number of hydrogen-bond donors (Lipinski definition) is 1. The Morgan fingerprint density at radius 3 is 2.72 bits per heavy atom. The Hall–Kier alpha value is -2.86. The molecule has 4 nitrogen and oxygen atoms in total. The van der Waals surface area contributed by atoms with E-state index >= 15 is 0 Å².